The van der Waals surface area contributed by atoms with Gasteiger partial charge in [0.25, 0.3) is 0 Å². The van der Waals surface area contributed by atoms with Crippen molar-refractivity contribution in [2.75, 3.05) is 75.4 Å². The monoisotopic (exact) mass is 633 g/mol. The summed E-state index contributed by atoms with van der Waals surface area (Å²) >= 11 is 0. The van der Waals surface area contributed by atoms with Crippen molar-refractivity contribution in [3.63, 3.8) is 0 Å². The molecular weight excluding hydrogens is 581 g/mol. The van der Waals surface area contributed by atoms with E-state index < -0.39 is 5.82 Å². The molecule has 1 aliphatic heterocycles. The molecule has 1 aliphatic carbocycles. The first-order valence-corrected chi connectivity index (χ1v) is 16.7. The zero-order valence-corrected chi connectivity index (χ0v) is 26.7. The van der Waals surface area contributed by atoms with Gasteiger partial charge < -0.3 is 45.3 Å². The van der Waals surface area contributed by atoms with E-state index in [2.05, 4.69) is 38.2 Å². The van der Waals surface area contributed by atoms with Crippen LogP contribution in [0.3, 0.4) is 0 Å². The summed E-state index contributed by atoms with van der Waals surface area (Å²) in [4.78, 5) is 14.0. The van der Waals surface area contributed by atoms with Crippen molar-refractivity contribution in [3.8, 4) is 5.75 Å². The summed E-state index contributed by atoms with van der Waals surface area (Å²) in [7, 11) is 0. The summed E-state index contributed by atoms with van der Waals surface area (Å²) in [5.41, 5.74) is 0.510. The van der Waals surface area contributed by atoms with Crippen molar-refractivity contribution < 1.29 is 28.4 Å². The Morgan fingerprint density at radius 1 is 0.867 bits per heavy atom. The van der Waals surface area contributed by atoms with Gasteiger partial charge in [0.15, 0.2) is 11.6 Å². The number of benzene rings is 1. The van der Waals surface area contributed by atoms with Gasteiger partial charge in [0.1, 0.15) is 6.61 Å². The first kappa shape index (κ1) is 35.0. The van der Waals surface area contributed by atoms with E-state index in [1.165, 1.54) is 38.2 Å². The van der Waals surface area contributed by atoms with E-state index in [1.54, 1.807) is 12.1 Å². The van der Waals surface area contributed by atoms with Gasteiger partial charge in [0.05, 0.1) is 33.0 Å². The second-order valence-electron chi connectivity index (χ2n) is 11.5. The van der Waals surface area contributed by atoms with Gasteiger partial charge in [0, 0.05) is 43.1 Å². The Morgan fingerprint density at radius 2 is 1.56 bits per heavy atom. The van der Waals surface area contributed by atoms with Crippen molar-refractivity contribution in [1.82, 2.24) is 20.3 Å². The van der Waals surface area contributed by atoms with Gasteiger partial charge in [-0.15, -0.1) is 0 Å². The molecule has 12 nitrogen and oxygen atoms in total. The van der Waals surface area contributed by atoms with Gasteiger partial charge in [0.2, 0.25) is 17.8 Å². The lowest BCUT2D eigenvalue weighted by Crippen LogP contribution is -2.40. The maximum absolute atomic E-state index is 14.9. The normalized spacial score (nSPS) is 18.0. The molecule has 2 heterocycles. The van der Waals surface area contributed by atoms with Crippen molar-refractivity contribution in [3.05, 3.63) is 24.0 Å². The molecule has 0 spiro atoms. The van der Waals surface area contributed by atoms with Crippen LogP contribution < -0.4 is 26.0 Å². The van der Waals surface area contributed by atoms with E-state index in [1.807, 2.05) is 0 Å². The minimum Gasteiger partial charge on any atom is -0.488 e. The van der Waals surface area contributed by atoms with Crippen LogP contribution in [0.4, 0.5) is 27.9 Å². The average molecular weight is 634 g/mol. The Bertz CT molecular complexity index is 1100. The summed E-state index contributed by atoms with van der Waals surface area (Å²) in [6.07, 6.45) is 10.9. The number of ether oxygens (including phenoxy) is 4. The molecule has 5 N–H and O–H groups in total. The minimum absolute atomic E-state index is 0.123. The number of rotatable bonds is 21. The summed E-state index contributed by atoms with van der Waals surface area (Å²) in [5, 5.41) is 22.5. The van der Waals surface area contributed by atoms with Gasteiger partial charge in [-0.05, 0) is 57.2 Å². The molecule has 2 atom stereocenters. The van der Waals surface area contributed by atoms with Crippen LogP contribution in [0.25, 0.3) is 0 Å². The lowest BCUT2D eigenvalue weighted by atomic mass is 10.0. The van der Waals surface area contributed by atoms with Crippen LogP contribution in [0.15, 0.2) is 18.2 Å². The molecule has 1 aromatic carbocycles. The fourth-order valence-electron chi connectivity index (χ4n) is 5.62. The van der Waals surface area contributed by atoms with Crippen LogP contribution in [-0.2, 0) is 14.2 Å². The Hall–Kier alpha value is -2.84. The van der Waals surface area contributed by atoms with Gasteiger partial charge in [-0.25, -0.2) is 4.39 Å². The van der Waals surface area contributed by atoms with E-state index >= 15 is 0 Å². The molecule has 1 saturated heterocycles. The third kappa shape index (κ3) is 12.8. The SMILES string of the molecule is CCC(Nc1nc(Nc2ccc(OCCOCCOCCOCCCO)c(F)c2)nc(NC2CCCCCC2)n1)C1CCCN1. The molecule has 0 bridgehead atoms. The number of halogens is 1. The van der Waals surface area contributed by atoms with Gasteiger partial charge >= 0.3 is 0 Å². The zero-order chi connectivity index (χ0) is 31.5. The smallest absolute Gasteiger partial charge is 0.233 e. The second kappa shape index (κ2) is 20.3. The van der Waals surface area contributed by atoms with Crippen molar-refractivity contribution >= 4 is 23.5 Å². The predicted octanol–water partition coefficient (Wildman–Crippen LogP) is 4.64. The molecule has 2 fully saturated rings. The number of aromatic nitrogens is 3. The zero-order valence-electron chi connectivity index (χ0n) is 26.7. The number of nitrogens with zero attached hydrogens (tertiary/aromatic N) is 3. The van der Waals surface area contributed by atoms with Crippen molar-refractivity contribution in [1.29, 1.82) is 0 Å². The highest BCUT2D eigenvalue weighted by atomic mass is 19.1. The third-order valence-corrected chi connectivity index (χ3v) is 8.03. The summed E-state index contributed by atoms with van der Waals surface area (Å²) in [6.45, 7) is 6.14. The highest BCUT2D eigenvalue weighted by Gasteiger charge is 2.24. The Morgan fingerprint density at radius 3 is 2.22 bits per heavy atom. The standard InChI is InChI=1S/C32H52FN7O5/c1-2-27(28-11-7-14-34-28)37-32-39-30(35-24-9-5-3-4-6-10-24)38-31(40-32)36-25-12-13-29(26(33)23-25)45-22-21-44-20-19-43-18-17-42-16-8-15-41/h12-13,23-24,27-28,34,41H,2-11,14-22H2,1H3,(H3,35,36,37,38,39,40). The van der Waals surface area contributed by atoms with Crippen LogP contribution in [0.1, 0.15) is 71.1 Å². The molecule has 2 aliphatic rings. The molecular formula is C32H52FN7O5. The number of anilines is 4. The number of aliphatic hydroxyl groups excluding tert-OH is 1. The predicted molar refractivity (Wildman–Crippen MR) is 173 cm³/mol. The maximum atomic E-state index is 14.9. The molecule has 13 heteroatoms. The molecule has 45 heavy (non-hydrogen) atoms. The van der Waals surface area contributed by atoms with E-state index in [4.69, 9.17) is 29.0 Å². The number of aliphatic hydroxyl groups is 1. The Kier molecular flexibility index (Phi) is 15.8. The largest absolute Gasteiger partial charge is 0.488 e. The quantitative estimate of drug-likeness (QED) is 0.0965. The molecule has 252 valence electrons. The number of hydrogen-bond donors (Lipinski definition) is 5. The topological polar surface area (TPSA) is 144 Å². The summed E-state index contributed by atoms with van der Waals surface area (Å²) in [5.74, 6) is 1.02. The Labute approximate surface area is 266 Å². The molecule has 0 amide bonds. The highest BCUT2D eigenvalue weighted by molar-refractivity contribution is 5.57. The van der Waals surface area contributed by atoms with Crippen molar-refractivity contribution in [2.45, 2.75) is 89.3 Å². The van der Waals surface area contributed by atoms with Gasteiger partial charge in [-0.1, -0.05) is 32.6 Å². The fraction of sp³-hybridized carbons (Fsp3) is 0.719. The lowest BCUT2D eigenvalue weighted by Gasteiger charge is -2.24. The minimum atomic E-state index is -0.493. The van der Waals surface area contributed by atoms with Crippen LogP contribution in [-0.4, -0.2) is 97.6 Å². The average Bonchev–Trinajstić information content (AvgIpc) is 3.46. The number of nitrogens with one attached hydrogen (secondary N) is 4. The van der Waals surface area contributed by atoms with Crippen LogP contribution in [0.2, 0.25) is 0 Å². The molecule has 1 saturated carbocycles. The Balaban J connectivity index is 1.28. The molecule has 1 aromatic heterocycles. The summed E-state index contributed by atoms with van der Waals surface area (Å²) in [6, 6.07) is 5.58. The van der Waals surface area contributed by atoms with E-state index in [9.17, 15) is 4.39 Å². The third-order valence-electron chi connectivity index (χ3n) is 8.03. The van der Waals surface area contributed by atoms with Crippen LogP contribution in [0, 0.1) is 5.82 Å². The second-order valence-corrected chi connectivity index (χ2v) is 11.5. The highest BCUT2D eigenvalue weighted by Crippen LogP contribution is 2.25. The maximum Gasteiger partial charge on any atom is 0.233 e. The van der Waals surface area contributed by atoms with Gasteiger partial charge in [-0.3, -0.25) is 0 Å². The van der Waals surface area contributed by atoms with E-state index in [0.29, 0.717) is 81.7 Å². The fourth-order valence-corrected chi connectivity index (χ4v) is 5.62. The summed E-state index contributed by atoms with van der Waals surface area (Å²) < 4.78 is 36.7. The molecule has 4 rings (SSSR count). The molecule has 0 radical (unpaired) electrons. The molecule has 2 unspecified atom stereocenters. The van der Waals surface area contributed by atoms with E-state index in [-0.39, 0.29) is 25.0 Å². The van der Waals surface area contributed by atoms with Gasteiger partial charge in [-0.2, -0.15) is 15.0 Å². The van der Waals surface area contributed by atoms with Crippen LogP contribution >= 0.6 is 0 Å². The van der Waals surface area contributed by atoms with Crippen LogP contribution in [0.5, 0.6) is 5.75 Å². The lowest BCUT2D eigenvalue weighted by molar-refractivity contribution is 0.00735. The first-order valence-electron chi connectivity index (χ1n) is 16.7. The van der Waals surface area contributed by atoms with Crippen molar-refractivity contribution in [2.24, 2.45) is 0 Å². The molecule has 2 aromatic rings. The first-order chi connectivity index (χ1) is 22.1. The van der Waals surface area contributed by atoms with E-state index in [0.717, 1.165) is 32.2 Å². The number of hydrogen-bond acceptors (Lipinski definition) is 12.